The molecule has 2 aromatic carbocycles. The van der Waals surface area contributed by atoms with Crippen LogP contribution in [0.5, 0.6) is 5.75 Å². The van der Waals surface area contributed by atoms with Crippen molar-refractivity contribution in [3.05, 3.63) is 46.9 Å². The van der Waals surface area contributed by atoms with Gasteiger partial charge in [-0.25, -0.2) is 4.98 Å². The summed E-state index contributed by atoms with van der Waals surface area (Å²) in [5.41, 5.74) is 8.23. The number of hydrogen-bond donors (Lipinski definition) is 1. The van der Waals surface area contributed by atoms with Crippen LogP contribution in [0.3, 0.4) is 0 Å². The Morgan fingerprint density at radius 2 is 1.86 bits per heavy atom. The number of nitrogens with two attached hydrogens (primary N) is 1. The number of benzene rings is 2. The van der Waals surface area contributed by atoms with Crippen LogP contribution in [0.15, 0.2) is 46.9 Å². The Morgan fingerprint density at radius 1 is 1.14 bits per heavy atom. The van der Waals surface area contributed by atoms with Gasteiger partial charge in [0, 0.05) is 10.2 Å². The molecule has 0 aliphatic rings. The highest BCUT2D eigenvalue weighted by Crippen LogP contribution is 2.27. The van der Waals surface area contributed by atoms with Gasteiger partial charge in [0.15, 0.2) is 0 Å². The van der Waals surface area contributed by atoms with Crippen LogP contribution < -0.4 is 10.5 Å². The fourth-order valence-corrected chi connectivity index (χ4v) is 2.46. The summed E-state index contributed by atoms with van der Waals surface area (Å²) in [6, 6.07) is 11.8. The minimum atomic E-state index is -2.84. The van der Waals surface area contributed by atoms with Crippen LogP contribution in [0.1, 0.15) is 0 Å². The molecule has 0 atom stereocenters. The van der Waals surface area contributed by atoms with Crippen molar-refractivity contribution < 1.29 is 13.5 Å². The molecule has 0 radical (unpaired) electrons. The van der Waals surface area contributed by atoms with Crippen LogP contribution in [-0.4, -0.2) is 16.2 Å². The monoisotopic (exact) mass is 353 g/mol. The molecule has 0 fully saturated rings. The van der Waals surface area contributed by atoms with E-state index in [2.05, 4.69) is 25.7 Å². The predicted octanol–water partition coefficient (Wildman–Crippen LogP) is 3.97. The lowest BCUT2D eigenvalue weighted by Crippen LogP contribution is -2.03. The largest absolute Gasteiger partial charge is 0.435 e. The lowest BCUT2D eigenvalue weighted by molar-refractivity contribution is -0.0498. The number of alkyl halides is 2. The van der Waals surface area contributed by atoms with Gasteiger partial charge in [-0.2, -0.15) is 8.78 Å². The molecule has 1 aromatic heterocycles. The zero-order chi connectivity index (χ0) is 15.0. The minimum Gasteiger partial charge on any atom is -0.435 e. The molecule has 0 saturated heterocycles. The summed E-state index contributed by atoms with van der Waals surface area (Å²) in [7, 11) is 0. The third-order valence-electron chi connectivity index (χ3n) is 2.96. The van der Waals surface area contributed by atoms with Crippen LogP contribution in [0.2, 0.25) is 0 Å². The molecular weight excluding hydrogens is 344 g/mol. The first-order chi connectivity index (χ1) is 10.0. The number of nitrogen functional groups attached to an aromatic ring is 1. The summed E-state index contributed by atoms with van der Waals surface area (Å²) in [5.74, 6) is 0.420. The van der Waals surface area contributed by atoms with E-state index in [1.165, 1.54) is 12.1 Å². The van der Waals surface area contributed by atoms with E-state index >= 15 is 0 Å². The zero-order valence-electron chi connectivity index (χ0n) is 10.6. The summed E-state index contributed by atoms with van der Waals surface area (Å²) < 4.78 is 31.3. The van der Waals surface area contributed by atoms with Crippen LogP contribution in [-0.2, 0) is 0 Å². The fourth-order valence-electron chi connectivity index (χ4n) is 2.12. The number of rotatable bonds is 3. The summed E-state index contributed by atoms with van der Waals surface area (Å²) in [6.07, 6.45) is 0. The molecule has 2 N–H and O–H groups in total. The topological polar surface area (TPSA) is 53.1 Å². The van der Waals surface area contributed by atoms with Crippen molar-refractivity contribution in [3.63, 3.8) is 0 Å². The molecule has 1 heterocycles. The Balaban J connectivity index is 2.07. The molecule has 0 amide bonds. The van der Waals surface area contributed by atoms with E-state index in [0.717, 1.165) is 21.2 Å². The van der Waals surface area contributed by atoms with Crippen LogP contribution in [0.25, 0.3) is 16.7 Å². The Bertz CT molecular complexity index is 787. The first-order valence-corrected chi connectivity index (χ1v) is 6.82. The Labute approximate surface area is 127 Å². The number of fused-ring (bicyclic) bond motifs is 1. The maximum atomic E-state index is 12.1. The standard InChI is InChI=1S/C14H10BrF2N3O/c15-8-1-6-11-12(7-8)20(14(18)19-11)9-2-4-10(5-3-9)21-13(16)17/h1-7,13H,(H2,18,19). The molecular formula is C14H10BrF2N3O. The Kier molecular flexibility index (Phi) is 3.50. The van der Waals surface area contributed by atoms with Crippen molar-refractivity contribution in [2.24, 2.45) is 0 Å². The van der Waals surface area contributed by atoms with Crippen molar-refractivity contribution in [1.29, 1.82) is 0 Å². The molecule has 0 aliphatic carbocycles. The second-order valence-corrected chi connectivity index (χ2v) is 5.23. The van der Waals surface area contributed by atoms with Gasteiger partial charge in [0.05, 0.1) is 11.0 Å². The normalized spacial score (nSPS) is 11.2. The smallest absolute Gasteiger partial charge is 0.387 e. The molecule has 0 spiro atoms. The lowest BCUT2D eigenvalue weighted by Gasteiger charge is -2.08. The predicted molar refractivity (Wildman–Crippen MR) is 79.8 cm³/mol. The molecule has 0 bridgehead atoms. The summed E-state index contributed by atoms with van der Waals surface area (Å²) in [6.45, 7) is -2.84. The number of halogens is 3. The lowest BCUT2D eigenvalue weighted by atomic mass is 10.2. The van der Waals surface area contributed by atoms with E-state index in [0.29, 0.717) is 5.95 Å². The number of imidazole rings is 1. The first kappa shape index (κ1) is 13.8. The highest BCUT2D eigenvalue weighted by Gasteiger charge is 2.11. The van der Waals surface area contributed by atoms with Gasteiger partial charge in [0.25, 0.3) is 0 Å². The van der Waals surface area contributed by atoms with Gasteiger partial charge in [0.2, 0.25) is 5.95 Å². The Hall–Kier alpha value is -2.15. The van der Waals surface area contributed by atoms with E-state index in [1.54, 1.807) is 16.7 Å². The minimum absolute atomic E-state index is 0.0953. The molecule has 3 aromatic rings. The van der Waals surface area contributed by atoms with E-state index in [-0.39, 0.29) is 5.75 Å². The number of aromatic nitrogens is 2. The first-order valence-electron chi connectivity index (χ1n) is 6.03. The van der Waals surface area contributed by atoms with Crippen LogP contribution in [0.4, 0.5) is 14.7 Å². The number of nitrogens with zero attached hydrogens (tertiary/aromatic N) is 2. The molecule has 0 saturated carbocycles. The van der Waals surface area contributed by atoms with Gasteiger partial charge in [-0.1, -0.05) is 15.9 Å². The molecule has 4 nitrogen and oxygen atoms in total. The van der Waals surface area contributed by atoms with E-state index < -0.39 is 6.61 Å². The average Bonchev–Trinajstić information content (AvgIpc) is 2.74. The SMILES string of the molecule is Nc1nc2ccc(Br)cc2n1-c1ccc(OC(F)F)cc1. The quantitative estimate of drug-likeness (QED) is 0.774. The van der Waals surface area contributed by atoms with Gasteiger partial charge in [-0.05, 0) is 42.5 Å². The van der Waals surface area contributed by atoms with Gasteiger partial charge in [0.1, 0.15) is 5.75 Å². The molecule has 21 heavy (non-hydrogen) atoms. The van der Waals surface area contributed by atoms with Crippen molar-refractivity contribution in [1.82, 2.24) is 9.55 Å². The van der Waals surface area contributed by atoms with Crippen molar-refractivity contribution in [3.8, 4) is 11.4 Å². The highest BCUT2D eigenvalue weighted by molar-refractivity contribution is 9.10. The maximum absolute atomic E-state index is 12.1. The fraction of sp³-hybridized carbons (Fsp3) is 0.0714. The van der Waals surface area contributed by atoms with E-state index in [9.17, 15) is 8.78 Å². The van der Waals surface area contributed by atoms with E-state index in [4.69, 9.17) is 5.73 Å². The van der Waals surface area contributed by atoms with E-state index in [1.807, 2.05) is 18.2 Å². The zero-order valence-corrected chi connectivity index (χ0v) is 12.2. The van der Waals surface area contributed by atoms with Gasteiger partial charge in [-0.15, -0.1) is 0 Å². The molecule has 7 heteroatoms. The molecule has 108 valence electrons. The number of hydrogen-bond acceptors (Lipinski definition) is 3. The average molecular weight is 354 g/mol. The second kappa shape index (κ2) is 5.33. The van der Waals surface area contributed by atoms with Gasteiger partial charge < -0.3 is 10.5 Å². The maximum Gasteiger partial charge on any atom is 0.387 e. The van der Waals surface area contributed by atoms with Gasteiger partial charge in [-0.3, -0.25) is 4.57 Å². The molecule has 0 unspecified atom stereocenters. The summed E-state index contributed by atoms with van der Waals surface area (Å²) in [5, 5.41) is 0. The number of anilines is 1. The second-order valence-electron chi connectivity index (χ2n) is 4.31. The van der Waals surface area contributed by atoms with Crippen molar-refractivity contribution in [2.75, 3.05) is 5.73 Å². The van der Waals surface area contributed by atoms with Crippen LogP contribution >= 0.6 is 15.9 Å². The summed E-state index contributed by atoms with van der Waals surface area (Å²) >= 11 is 3.40. The molecule has 3 rings (SSSR count). The van der Waals surface area contributed by atoms with Crippen molar-refractivity contribution >= 4 is 32.9 Å². The highest BCUT2D eigenvalue weighted by atomic mass is 79.9. The van der Waals surface area contributed by atoms with Crippen molar-refractivity contribution in [2.45, 2.75) is 6.61 Å². The van der Waals surface area contributed by atoms with Crippen LogP contribution in [0, 0.1) is 0 Å². The third-order valence-corrected chi connectivity index (χ3v) is 3.46. The summed E-state index contributed by atoms with van der Waals surface area (Å²) in [4.78, 5) is 4.27. The number of ether oxygens (including phenoxy) is 1. The Morgan fingerprint density at radius 3 is 2.52 bits per heavy atom. The van der Waals surface area contributed by atoms with Gasteiger partial charge >= 0.3 is 6.61 Å². The molecule has 0 aliphatic heterocycles. The third kappa shape index (κ3) is 2.69.